The first kappa shape index (κ1) is 19.4. The summed E-state index contributed by atoms with van der Waals surface area (Å²) < 4.78 is 31.3. The third kappa shape index (κ3) is 4.48. The second-order valence-corrected chi connectivity index (χ2v) is 9.02. The summed E-state index contributed by atoms with van der Waals surface area (Å²) in [5, 5.41) is 2.57. The zero-order valence-corrected chi connectivity index (χ0v) is 16.8. The van der Waals surface area contributed by atoms with Gasteiger partial charge in [-0.3, -0.25) is 9.59 Å². The van der Waals surface area contributed by atoms with Crippen LogP contribution in [0, 0.1) is 0 Å². The van der Waals surface area contributed by atoms with Gasteiger partial charge in [0.1, 0.15) is 5.75 Å². The van der Waals surface area contributed by atoms with Gasteiger partial charge >= 0.3 is 0 Å². The number of benzene rings is 2. The maximum atomic E-state index is 12.6. The van der Waals surface area contributed by atoms with Crippen molar-refractivity contribution in [3.63, 3.8) is 0 Å². The highest BCUT2D eigenvalue weighted by Crippen LogP contribution is 2.30. The van der Waals surface area contributed by atoms with Gasteiger partial charge in [0.2, 0.25) is 5.91 Å². The molecule has 2 amide bonds. The molecule has 7 nitrogen and oxygen atoms in total. The van der Waals surface area contributed by atoms with E-state index in [-0.39, 0.29) is 35.5 Å². The summed E-state index contributed by atoms with van der Waals surface area (Å²) in [6, 6.07) is 11.4. The largest absolute Gasteiger partial charge is 0.482 e. The first-order chi connectivity index (χ1) is 12.8. The molecule has 1 aliphatic heterocycles. The number of nitrogens with one attached hydrogen (secondary N) is 1. The summed E-state index contributed by atoms with van der Waals surface area (Å²) in [5.41, 5.74) is 0.986. The fourth-order valence-electron chi connectivity index (χ4n) is 2.57. The molecular weight excluding hydrogens is 436 g/mol. The minimum atomic E-state index is -3.69. The van der Waals surface area contributed by atoms with E-state index in [1.165, 1.54) is 23.1 Å². The van der Waals surface area contributed by atoms with Crippen LogP contribution in [0.4, 0.5) is 11.4 Å². The van der Waals surface area contributed by atoms with Crippen LogP contribution in [0.2, 0.25) is 0 Å². The summed E-state index contributed by atoms with van der Waals surface area (Å²) in [6.07, 6.45) is -0.158. The zero-order chi connectivity index (χ0) is 19.6. The first-order valence-corrected chi connectivity index (χ1v) is 10.5. The smallest absolute Gasteiger partial charge is 0.262 e. The van der Waals surface area contributed by atoms with Crippen LogP contribution in [0.5, 0.6) is 5.75 Å². The number of sulfone groups is 1. The van der Waals surface area contributed by atoms with Crippen LogP contribution in [-0.2, 0) is 19.4 Å². The van der Waals surface area contributed by atoms with E-state index in [0.717, 1.165) is 4.47 Å². The molecule has 0 fully saturated rings. The van der Waals surface area contributed by atoms with E-state index in [0.29, 0.717) is 17.1 Å². The molecule has 1 N–H and O–H groups in total. The molecule has 27 heavy (non-hydrogen) atoms. The number of ether oxygens (including phenoxy) is 1. The predicted molar refractivity (Wildman–Crippen MR) is 105 cm³/mol. The molecule has 0 radical (unpaired) electrons. The Kier molecular flexibility index (Phi) is 5.52. The molecule has 0 aliphatic carbocycles. The van der Waals surface area contributed by atoms with Crippen molar-refractivity contribution in [3.8, 4) is 5.75 Å². The van der Waals surface area contributed by atoms with Gasteiger partial charge in [0, 0.05) is 23.6 Å². The monoisotopic (exact) mass is 452 g/mol. The fraction of sp³-hybridized carbons (Fsp3) is 0.222. The summed E-state index contributed by atoms with van der Waals surface area (Å²) in [4.78, 5) is 25.2. The number of carbonyl (C=O) groups excluding carboxylic acids is 2. The van der Waals surface area contributed by atoms with Crippen molar-refractivity contribution in [2.45, 2.75) is 11.3 Å². The number of hydrogen-bond donors (Lipinski definition) is 1. The molecule has 0 atom stereocenters. The summed E-state index contributed by atoms with van der Waals surface area (Å²) in [6.45, 7) is -0.101. The SMILES string of the molecule is CN(C(=O)CCS(=O)(=O)c1ccc2c(c1)NC(=O)CO2)c1ccc(Br)cc1. The molecule has 1 heterocycles. The number of amides is 2. The molecule has 0 saturated carbocycles. The Morgan fingerprint density at radius 2 is 1.93 bits per heavy atom. The second kappa shape index (κ2) is 7.69. The second-order valence-electron chi connectivity index (χ2n) is 5.99. The number of rotatable bonds is 5. The van der Waals surface area contributed by atoms with Crippen LogP contribution >= 0.6 is 15.9 Å². The molecule has 0 bridgehead atoms. The van der Waals surface area contributed by atoms with Crippen molar-refractivity contribution in [1.29, 1.82) is 0 Å². The van der Waals surface area contributed by atoms with Gasteiger partial charge in [-0.15, -0.1) is 0 Å². The number of hydrogen-bond acceptors (Lipinski definition) is 5. The Morgan fingerprint density at radius 1 is 1.22 bits per heavy atom. The van der Waals surface area contributed by atoms with Crippen molar-refractivity contribution in [2.75, 3.05) is 29.6 Å². The molecule has 0 aromatic heterocycles. The van der Waals surface area contributed by atoms with Crippen molar-refractivity contribution in [3.05, 3.63) is 46.9 Å². The Labute approximate surface area is 165 Å². The van der Waals surface area contributed by atoms with E-state index >= 15 is 0 Å². The number of fused-ring (bicyclic) bond motifs is 1. The van der Waals surface area contributed by atoms with Crippen molar-refractivity contribution >= 4 is 49.0 Å². The molecule has 0 unspecified atom stereocenters. The van der Waals surface area contributed by atoms with Crippen LogP contribution < -0.4 is 15.0 Å². The maximum absolute atomic E-state index is 12.6. The van der Waals surface area contributed by atoms with Crippen molar-refractivity contribution < 1.29 is 22.7 Å². The van der Waals surface area contributed by atoms with Gasteiger partial charge in [0.05, 0.1) is 16.3 Å². The molecule has 2 aromatic carbocycles. The molecular formula is C18H17BrN2O5S. The first-order valence-electron chi connectivity index (χ1n) is 8.08. The predicted octanol–water partition coefficient (Wildman–Crippen LogP) is 2.61. The van der Waals surface area contributed by atoms with Gasteiger partial charge in [-0.05, 0) is 42.5 Å². The number of halogens is 1. The number of nitrogens with zero attached hydrogens (tertiary/aromatic N) is 1. The number of carbonyl (C=O) groups is 2. The van der Waals surface area contributed by atoms with Gasteiger partial charge in [-0.25, -0.2) is 8.42 Å². The van der Waals surface area contributed by atoms with Crippen LogP contribution in [0.25, 0.3) is 0 Å². The Morgan fingerprint density at radius 3 is 2.63 bits per heavy atom. The van der Waals surface area contributed by atoms with Gasteiger partial charge in [0.15, 0.2) is 16.4 Å². The van der Waals surface area contributed by atoms with Gasteiger partial charge in [-0.2, -0.15) is 0 Å². The lowest BCUT2D eigenvalue weighted by Gasteiger charge is -2.19. The Bertz CT molecular complexity index is 989. The van der Waals surface area contributed by atoms with Crippen LogP contribution in [0.1, 0.15) is 6.42 Å². The van der Waals surface area contributed by atoms with Gasteiger partial charge < -0.3 is 15.0 Å². The highest BCUT2D eigenvalue weighted by atomic mass is 79.9. The molecule has 0 saturated heterocycles. The standard InChI is InChI=1S/C18H17BrN2O5S/c1-21(13-4-2-12(19)3-5-13)18(23)8-9-27(24,25)14-6-7-16-15(10-14)20-17(22)11-26-16/h2-7,10H,8-9,11H2,1H3,(H,20,22). The Balaban J connectivity index is 1.69. The molecule has 2 aromatic rings. The van der Waals surface area contributed by atoms with E-state index < -0.39 is 9.84 Å². The van der Waals surface area contributed by atoms with E-state index in [2.05, 4.69) is 21.2 Å². The van der Waals surface area contributed by atoms with E-state index in [9.17, 15) is 18.0 Å². The normalized spacial score (nSPS) is 13.3. The van der Waals surface area contributed by atoms with E-state index in [4.69, 9.17) is 4.74 Å². The third-order valence-electron chi connectivity index (χ3n) is 4.12. The highest BCUT2D eigenvalue weighted by Gasteiger charge is 2.22. The van der Waals surface area contributed by atoms with E-state index in [1.807, 2.05) is 0 Å². The topological polar surface area (TPSA) is 92.8 Å². The average Bonchev–Trinajstić information content (AvgIpc) is 2.65. The molecule has 3 rings (SSSR count). The summed E-state index contributed by atoms with van der Waals surface area (Å²) in [7, 11) is -2.09. The zero-order valence-electron chi connectivity index (χ0n) is 14.4. The van der Waals surface area contributed by atoms with Crippen molar-refractivity contribution in [2.24, 2.45) is 0 Å². The fourth-order valence-corrected chi connectivity index (χ4v) is 4.09. The molecule has 9 heteroatoms. The summed E-state index contributed by atoms with van der Waals surface area (Å²) >= 11 is 3.33. The quantitative estimate of drug-likeness (QED) is 0.752. The van der Waals surface area contributed by atoms with Crippen LogP contribution in [0.15, 0.2) is 51.8 Å². The third-order valence-corrected chi connectivity index (χ3v) is 6.36. The van der Waals surface area contributed by atoms with Crippen LogP contribution in [-0.4, -0.2) is 39.6 Å². The van der Waals surface area contributed by atoms with E-state index in [1.54, 1.807) is 31.3 Å². The summed E-state index contributed by atoms with van der Waals surface area (Å²) in [5.74, 6) is -0.571. The van der Waals surface area contributed by atoms with Gasteiger partial charge in [-0.1, -0.05) is 15.9 Å². The van der Waals surface area contributed by atoms with Crippen molar-refractivity contribution in [1.82, 2.24) is 0 Å². The maximum Gasteiger partial charge on any atom is 0.262 e. The average molecular weight is 453 g/mol. The lowest BCUT2D eigenvalue weighted by atomic mass is 10.2. The van der Waals surface area contributed by atoms with Crippen LogP contribution in [0.3, 0.4) is 0 Å². The molecule has 1 aliphatic rings. The highest BCUT2D eigenvalue weighted by molar-refractivity contribution is 9.10. The minimum Gasteiger partial charge on any atom is -0.482 e. The van der Waals surface area contributed by atoms with Gasteiger partial charge in [0.25, 0.3) is 5.91 Å². The Hall–Kier alpha value is -2.39. The molecule has 142 valence electrons. The lowest BCUT2D eigenvalue weighted by Crippen LogP contribution is -2.28. The minimum absolute atomic E-state index is 0.0335. The number of anilines is 2. The molecule has 0 spiro atoms. The lowest BCUT2D eigenvalue weighted by molar-refractivity contribution is -0.119.